The Labute approximate surface area is 150 Å². The molecule has 0 unspecified atom stereocenters. The average molecular weight is 392 g/mol. The Kier molecular flexibility index (Phi) is 5.36. The minimum atomic E-state index is 0.159. The molecule has 1 saturated heterocycles. The Morgan fingerprint density at radius 2 is 2.17 bits per heavy atom. The number of likely N-dealkylation sites (tertiary alicyclic amines) is 1. The van der Waals surface area contributed by atoms with Gasteiger partial charge in [-0.1, -0.05) is 28.1 Å². The summed E-state index contributed by atoms with van der Waals surface area (Å²) in [5.74, 6) is 2.00. The summed E-state index contributed by atoms with van der Waals surface area (Å²) in [6.45, 7) is 4.18. The lowest BCUT2D eigenvalue weighted by atomic mass is 10.1. The molecule has 1 aromatic carbocycles. The summed E-state index contributed by atoms with van der Waals surface area (Å²) in [6, 6.07) is 7.93. The number of nitrogens with two attached hydrogens (primary N) is 1. The minimum Gasteiger partial charge on any atom is -0.440 e. The van der Waals surface area contributed by atoms with Crippen LogP contribution < -0.4 is 5.73 Å². The molecule has 1 aliphatic heterocycles. The second-order valence-electron chi connectivity index (χ2n) is 6.26. The van der Waals surface area contributed by atoms with Crippen molar-refractivity contribution in [1.29, 1.82) is 0 Å². The molecule has 0 saturated carbocycles. The summed E-state index contributed by atoms with van der Waals surface area (Å²) in [6.07, 6.45) is 1.96. The van der Waals surface area contributed by atoms with Crippen molar-refractivity contribution in [1.82, 2.24) is 9.88 Å². The molecular weight excluding hydrogens is 370 g/mol. The molecule has 2 heterocycles. The van der Waals surface area contributed by atoms with E-state index in [1.807, 2.05) is 36.1 Å². The maximum atomic E-state index is 12.3. The first-order valence-electron chi connectivity index (χ1n) is 8.27. The van der Waals surface area contributed by atoms with E-state index in [1.165, 1.54) is 0 Å². The molecule has 5 nitrogen and oxygen atoms in total. The van der Waals surface area contributed by atoms with Crippen LogP contribution in [0, 0.1) is 12.8 Å². The van der Waals surface area contributed by atoms with E-state index in [0.717, 1.165) is 41.0 Å². The molecule has 128 valence electrons. The van der Waals surface area contributed by atoms with Gasteiger partial charge in [0.2, 0.25) is 5.91 Å². The van der Waals surface area contributed by atoms with E-state index in [9.17, 15) is 4.79 Å². The lowest BCUT2D eigenvalue weighted by molar-refractivity contribution is -0.130. The third kappa shape index (κ3) is 3.87. The van der Waals surface area contributed by atoms with Crippen LogP contribution in [0.3, 0.4) is 0 Å². The van der Waals surface area contributed by atoms with Crippen molar-refractivity contribution in [3.8, 4) is 11.3 Å². The number of nitrogens with zero attached hydrogens (tertiary/aromatic N) is 2. The van der Waals surface area contributed by atoms with Crippen LogP contribution in [0.5, 0.6) is 0 Å². The molecular formula is C18H22BrN3O2. The Morgan fingerprint density at radius 3 is 2.83 bits per heavy atom. The summed E-state index contributed by atoms with van der Waals surface area (Å²) < 4.78 is 6.90. The number of aromatic nitrogens is 1. The first-order valence-corrected chi connectivity index (χ1v) is 9.06. The molecule has 0 bridgehead atoms. The van der Waals surface area contributed by atoms with Gasteiger partial charge >= 0.3 is 0 Å². The van der Waals surface area contributed by atoms with Gasteiger partial charge in [-0.3, -0.25) is 4.79 Å². The molecule has 0 radical (unpaired) electrons. The van der Waals surface area contributed by atoms with Crippen molar-refractivity contribution in [2.45, 2.75) is 26.2 Å². The number of rotatable bonds is 5. The Morgan fingerprint density at radius 1 is 1.42 bits per heavy atom. The van der Waals surface area contributed by atoms with E-state index in [4.69, 9.17) is 10.2 Å². The van der Waals surface area contributed by atoms with Crippen molar-refractivity contribution >= 4 is 21.8 Å². The highest BCUT2D eigenvalue weighted by Gasteiger charge is 2.25. The molecule has 3 rings (SSSR count). The Hall–Kier alpha value is -1.66. The minimum absolute atomic E-state index is 0.159. The van der Waals surface area contributed by atoms with E-state index < -0.39 is 0 Å². The maximum absolute atomic E-state index is 12.3. The second-order valence-corrected chi connectivity index (χ2v) is 7.17. The second kappa shape index (κ2) is 7.49. The van der Waals surface area contributed by atoms with Crippen molar-refractivity contribution in [2.24, 2.45) is 11.7 Å². The van der Waals surface area contributed by atoms with Gasteiger partial charge in [0.15, 0.2) is 11.7 Å². The zero-order valence-electron chi connectivity index (χ0n) is 13.8. The molecule has 1 aliphatic rings. The average Bonchev–Trinajstić information content (AvgIpc) is 3.20. The molecule has 6 heteroatoms. The molecule has 0 aliphatic carbocycles. The quantitative estimate of drug-likeness (QED) is 0.849. The van der Waals surface area contributed by atoms with E-state index in [2.05, 4.69) is 20.9 Å². The van der Waals surface area contributed by atoms with E-state index in [-0.39, 0.29) is 5.91 Å². The number of amides is 1. The third-order valence-electron chi connectivity index (χ3n) is 4.47. The highest BCUT2D eigenvalue weighted by atomic mass is 79.9. The number of aryl methyl sites for hydroxylation is 2. The van der Waals surface area contributed by atoms with Crippen molar-refractivity contribution in [2.75, 3.05) is 19.6 Å². The molecule has 24 heavy (non-hydrogen) atoms. The van der Waals surface area contributed by atoms with Crippen LogP contribution in [0.2, 0.25) is 0 Å². The number of carbonyl (C=O) groups excluding carboxylic acids is 1. The highest BCUT2D eigenvalue weighted by molar-refractivity contribution is 9.10. The SMILES string of the molecule is Cc1nc(CCC(=O)N2CC[C@H](CN)C2)oc1-c1ccc(Br)cc1. The topological polar surface area (TPSA) is 72.4 Å². The van der Waals surface area contributed by atoms with Crippen LogP contribution in [-0.4, -0.2) is 35.4 Å². The largest absolute Gasteiger partial charge is 0.440 e. The van der Waals surface area contributed by atoms with Gasteiger partial charge in [-0.25, -0.2) is 4.98 Å². The highest BCUT2D eigenvalue weighted by Crippen LogP contribution is 2.26. The molecule has 1 atom stereocenters. The van der Waals surface area contributed by atoms with Crippen LogP contribution in [0.25, 0.3) is 11.3 Å². The van der Waals surface area contributed by atoms with Gasteiger partial charge in [0.05, 0.1) is 5.69 Å². The fourth-order valence-corrected chi connectivity index (χ4v) is 3.32. The van der Waals surface area contributed by atoms with Crippen LogP contribution in [0.4, 0.5) is 0 Å². The summed E-state index contributed by atoms with van der Waals surface area (Å²) in [4.78, 5) is 18.7. The number of oxazole rings is 1. The standard InChI is InChI=1S/C18H22BrN3O2/c1-12-18(14-2-4-15(19)5-3-14)24-16(21-12)6-7-17(23)22-9-8-13(10-20)11-22/h2-5,13H,6-11,20H2,1H3/t13-/m1/s1. The van der Waals surface area contributed by atoms with Gasteiger partial charge < -0.3 is 15.1 Å². The number of hydrogen-bond donors (Lipinski definition) is 1. The summed E-state index contributed by atoms with van der Waals surface area (Å²) in [7, 11) is 0. The fourth-order valence-electron chi connectivity index (χ4n) is 3.05. The predicted octanol–water partition coefficient (Wildman–Crippen LogP) is 3.15. The van der Waals surface area contributed by atoms with Crippen LogP contribution in [0.1, 0.15) is 24.4 Å². The molecule has 0 spiro atoms. The Bertz CT molecular complexity index is 712. The third-order valence-corrected chi connectivity index (χ3v) is 5.00. The number of halogens is 1. The number of carbonyl (C=O) groups is 1. The zero-order chi connectivity index (χ0) is 17.1. The Balaban J connectivity index is 1.61. The number of benzene rings is 1. The smallest absolute Gasteiger partial charge is 0.223 e. The molecule has 2 aromatic rings. The molecule has 1 aromatic heterocycles. The normalized spacial score (nSPS) is 17.5. The first-order chi connectivity index (χ1) is 11.6. The van der Waals surface area contributed by atoms with Gasteiger partial charge in [-0.15, -0.1) is 0 Å². The first kappa shape index (κ1) is 17.2. The lowest BCUT2D eigenvalue weighted by Gasteiger charge is -2.15. The number of hydrogen-bond acceptors (Lipinski definition) is 4. The summed E-state index contributed by atoms with van der Waals surface area (Å²) in [5, 5.41) is 0. The van der Waals surface area contributed by atoms with Gasteiger partial charge in [0, 0.05) is 36.0 Å². The van der Waals surface area contributed by atoms with Crippen molar-refractivity contribution in [3.05, 3.63) is 40.3 Å². The fraction of sp³-hybridized carbons (Fsp3) is 0.444. The monoisotopic (exact) mass is 391 g/mol. The molecule has 2 N–H and O–H groups in total. The van der Waals surface area contributed by atoms with Gasteiger partial charge in [-0.2, -0.15) is 0 Å². The van der Waals surface area contributed by atoms with Crippen molar-refractivity contribution < 1.29 is 9.21 Å². The van der Waals surface area contributed by atoms with Gasteiger partial charge in [0.1, 0.15) is 0 Å². The van der Waals surface area contributed by atoms with E-state index in [1.54, 1.807) is 0 Å². The zero-order valence-corrected chi connectivity index (χ0v) is 15.4. The van der Waals surface area contributed by atoms with Crippen molar-refractivity contribution in [3.63, 3.8) is 0 Å². The van der Waals surface area contributed by atoms with Crippen LogP contribution >= 0.6 is 15.9 Å². The molecule has 1 fully saturated rings. The van der Waals surface area contributed by atoms with E-state index >= 15 is 0 Å². The van der Waals surface area contributed by atoms with Crippen LogP contribution in [-0.2, 0) is 11.2 Å². The van der Waals surface area contributed by atoms with Crippen LogP contribution in [0.15, 0.2) is 33.2 Å². The summed E-state index contributed by atoms with van der Waals surface area (Å²) in [5.41, 5.74) is 7.52. The van der Waals surface area contributed by atoms with E-state index in [0.29, 0.717) is 31.2 Å². The van der Waals surface area contributed by atoms with Gasteiger partial charge in [0.25, 0.3) is 0 Å². The predicted molar refractivity (Wildman–Crippen MR) is 96.4 cm³/mol. The lowest BCUT2D eigenvalue weighted by Crippen LogP contribution is -2.30. The maximum Gasteiger partial charge on any atom is 0.223 e. The van der Waals surface area contributed by atoms with Gasteiger partial charge in [-0.05, 0) is 37.9 Å². The molecule has 1 amide bonds. The summed E-state index contributed by atoms with van der Waals surface area (Å²) >= 11 is 3.43.